The summed E-state index contributed by atoms with van der Waals surface area (Å²) in [6.45, 7) is 1.95. The smallest absolute Gasteiger partial charge is 0.262 e. The van der Waals surface area contributed by atoms with Crippen LogP contribution in [0.2, 0.25) is 0 Å². The van der Waals surface area contributed by atoms with E-state index in [0.717, 1.165) is 22.2 Å². The van der Waals surface area contributed by atoms with E-state index in [1.54, 1.807) is 0 Å². The largest absolute Gasteiger partial charge is 0.484 e. The summed E-state index contributed by atoms with van der Waals surface area (Å²) in [6, 6.07) is 22.5. The molecule has 4 aromatic rings. The quantitative estimate of drug-likeness (QED) is 0.555. The van der Waals surface area contributed by atoms with Gasteiger partial charge in [0.25, 0.3) is 5.91 Å². The minimum atomic E-state index is -0.232. The van der Waals surface area contributed by atoms with Crippen molar-refractivity contribution in [2.75, 3.05) is 11.9 Å². The lowest BCUT2D eigenvalue weighted by Gasteiger charge is -2.08. The summed E-state index contributed by atoms with van der Waals surface area (Å²) >= 11 is 0. The van der Waals surface area contributed by atoms with Crippen molar-refractivity contribution in [3.05, 3.63) is 78.4 Å². The normalized spacial score (nSPS) is 10.7. The van der Waals surface area contributed by atoms with Crippen LogP contribution in [0.1, 0.15) is 5.56 Å². The Kier molecular flexibility index (Phi) is 4.58. The summed E-state index contributed by atoms with van der Waals surface area (Å²) in [5.74, 6) is 0.944. The maximum Gasteiger partial charge on any atom is 0.262 e. The third kappa shape index (κ3) is 3.98. The number of hydrogen-bond acceptors (Lipinski definition) is 4. The highest BCUT2D eigenvalue weighted by molar-refractivity contribution is 5.92. The van der Waals surface area contributed by atoms with Crippen LogP contribution < -0.4 is 10.1 Å². The molecule has 0 aliphatic heterocycles. The third-order valence-electron chi connectivity index (χ3n) is 4.05. The van der Waals surface area contributed by atoms with Gasteiger partial charge in [0.1, 0.15) is 11.3 Å². The lowest BCUT2D eigenvalue weighted by Crippen LogP contribution is -2.20. The van der Waals surface area contributed by atoms with Crippen molar-refractivity contribution in [3.8, 4) is 17.2 Å². The van der Waals surface area contributed by atoms with Crippen molar-refractivity contribution in [1.82, 2.24) is 4.98 Å². The number of carbonyl (C=O) groups is 1. The molecule has 1 amide bonds. The zero-order valence-corrected chi connectivity index (χ0v) is 14.8. The second-order valence-electron chi connectivity index (χ2n) is 6.22. The van der Waals surface area contributed by atoms with Gasteiger partial charge in [-0.2, -0.15) is 0 Å². The molecule has 0 saturated carbocycles. The lowest BCUT2D eigenvalue weighted by atomic mass is 10.2. The van der Waals surface area contributed by atoms with E-state index in [1.807, 2.05) is 79.7 Å². The number of benzene rings is 3. The predicted molar refractivity (Wildman–Crippen MR) is 105 cm³/mol. The zero-order chi connectivity index (χ0) is 18.6. The molecule has 4 rings (SSSR count). The van der Waals surface area contributed by atoms with E-state index in [-0.39, 0.29) is 12.5 Å². The van der Waals surface area contributed by atoms with Crippen molar-refractivity contribution in [2.45, 2.75) is 6.92 Å². The van der Waals surface area contributed by atoms with Crippen LogP contribution in [-0.2, 0) is 4.79 Å². The van der Waals surface area contributed by atoms with Gasteiger partial charge in [0.2, 0.25) is 5.89 Å². The first-order valence-corrected chi connectivity index (χ1v) is 8.63. The molecule has 1 heterocycles. The molecule has 0 fully saturated rings. The fourth-order valence-electron chi connectivity index (χ4n) is 2.75. The van der Waals surface area contributed by atoms with Crippen LogP contribution >= 0.6 is 0 Å². The summed E-state index contributed by atoms with van der Waals surface area (Å²) < 4.78 is 11.3. The van der Waals surface area contributed by atoms with Crippen LogP contribution in [0.25, 0.3) is 22.6 Å². The number of carbonyl (C=O) groups excluding carboxylic acids is 1. The van der Waals surface area contributed by atoms with Gasteiger partial charge in [-0.15, -0.1) is 0 Å². The molecule has 5 nitrogen and oxygen atoms in total. The lowest BCUT2D eigenvalue weighted by molar-refractivity contribution is -0.118. The Morgan fingerprint density at radius 3 is 2.74 bits per heavy atom. The molecule has 0 spiro atoms. The number of rotatable bonds is 5. The van der Waals surface area contributed by atoms with E-state index in [2.05, 4.69) is 10.3 Å². The number of aryl methyl sites for hydroxylation is 1. The van der Waals surface area contributed by atoms with Gasteiger partial charge in [0.15, 0.2) is 12.2 Å². The number of oxazole rings is 1. The molecule has 1 aromatic heterocycles. The Bertz CT molecular complexity index is 1090. The van der Waals surface area contributed by atoms with E-state index < -0.39 is 0 Å². The number of fused-ring (bicyclic) bond motifs is 1. The van der Waals surface area contributed by atoms with Crippen LogP contribution in [0.3, 0.4) is 0 Å². The average molecular weight is 358 g/mol. The maximum atomic E-state index is 12.1. The van der Waals surface area contributed by atoms with Gasteiger partial charge in [0.05, 0.1) is 0 Å². The van der Waals surface area contributed by atoms with Gasteiger partial charge in [0, 0.05) is 11.3 Å². The molecule has 0 aliphatic rings. The van der Waals surface area contributed by atoms with E-state index in [9.17, 15) is 4.79 Å². The van der Waals surface area contributed by atoms with Crippen molar-refractivity contribution in [2.24, 2.45) is 0 Å². The molecule has 3 aromatic carbocycles. The highest BCUT2D eigenvalue weighted by Crippen LogP contribution is 2.26. The van der Waals surface area contributed by atoms with Gasteiger partial charge in [-0.25, -0.2) is 4.98 Å². The van der Waals surface area contributed by atoms with Crippen LogP contribution in [0.15, 0.2) is 77.2 Å². The monoisotopic (exact) mass is 358 g/mol. The minimum Gasteiger partial charge on any atom is -0.484 e. The topological polar surface area (TPSA) is 64.4 Å². The average Bonchev–Trinajstić information content (AvgIpc) is 3.11. The van der Waals surface area contributed by atoms with Crippen LogP contribution in [-0.4, -0.2) is 17.5 Å². The zero-order valence-electron chi connectivity index (χ0n) is 14.8. The summed E-state index contributed by atoms with van der Waals surface area (Å²) in [5, 5.41) is 2.83. The number of anilines is 1. The van der Waals surface area contributed by atoms with Gasteiger partial charge >= 0.3 is 0 Å². The van der Waals surface area contributed by atoms with Gasteiger partial charge < -0.3 is 14.5 Å². The number of ether oxygens (including phenoxy) is 1. The number of para-hydroxylation sites is 1. The van der Waals surface area contributed by atoms with Crippen molar-refractivity contribution in [1.29, 1.82) is 0 Å². The summed E-state index contributed by atoms with van der Waals surface area (Å²) in [4.78, 5) is 16.7. The molecule has 0 bridgehead atoms. The second kappa shape index (κ2) is 7.33. The first kappa shape index (κ1) is 16.8. The van der Waals surface area contributed by atoms with Gasteiger partial charge in [-0.05, 0) is 55.0 Å². The van der Waals surface area contributed by atoms with E-state index in [1.165, 1.54) is 0 Å². The van der Waals surface area contributed by atoms with E-state index in [0.29, 0.717) is 17.3 Å². The number of aromatic nitrogens is 1. The molecule has 27 heavy (non-hydrogen) atoms. The Morgan fingerprint density at radius 2 is 1.89 bits per heavy atom. The van der Waals surface area contributed by atoms with Crippen LogP contribution in [0.5, 0.6) is 5.75 Å². The number of nitrogens with zero attached hydrogens (tertiary/aromatic N) is 1. The molecule has 134 valence electrons. The minimum absolute atomic E-state index is 0.0591. The van der Waals surface area contributed by atoms with Crippen LogP contribution in [0, 0.1) is 6.92 Å². The molecule has 5 heteroatoms. The Balaban J connectivity index is 1.47. The van der Waals surface area contributed by atoms with E-state index in [4.69, 9.17) is 9.15 Å². The molecular weight excluding hydrogens is 340 g/mol. The number of hydrogen-bond donors (Lipinski definition) is 1. The van der Waals surface area contributed by atoms with Crippen molar-refractivity contribution < 1.29 is 13.9 Å². The summed E-state index contributed by atoms with van der Waals surface area (Å²) in [6.07, 6.45) is 0. The number of amides is 1. The molecule has 1 N–H and O–H groups in total. The molecular formula is C22H18N2O3. The Morgan fingerprint density at radius 1 is 1.04 bits per heavy atom. The fourth-order valence-corrected chi connectivity index (χ4v) is 2.75. The van der Waals surface area contributed by atoms with Gasteiger partial charge in [-0.3, -0.25) is 4.79 Å². The van der Waals surface area contributed by atoms with Crippen molar-refractivity contribution in [3.63, 3.8) is 0 Å². The third-order valence-corrected chi connectivity index (χ3v) is 4.05. The van der Waals surface area contributed by atoms with E-state index >= 15 is 0 Å². The molecule has 0 unspecified atom stereocenters. The molecule has 0 aliphatic carbocycles. The number of nitrogens with one attached hydrogen (secondary N) is 1. The Hall–Kier alpha value is -3.60. The second-order valence-corrected chi connectivity index (χ2v) is 6.22. The fraction of sp³-hybridized carbons (Fsp3) is 0.0909. The molecule has 0 atom stereocenters. The predicted octanol–water partition coefficient (Wildman–Crippen LogP) is 4.82. The van der Waals surface area contributed by atoms with Crippen molar-refractivity contribution >= 4 is 22.7 Å². The molecule has 0 saturated heterocycles. The first-order valence-electron chi connectivity index (χ1n) is 8.63. The summed E-state index contributed by atoms with van der Waals surface area (Å²) in [7, 11) is 0. The van der Waals surface area contributed by atoms with Crippen LogP contribution in [0.4, 0.5) is 5.69 Å². The summed E-state index contributed by atoms with van der Waals surface area (Å²) in [5.41, 5.74) is 4.12. The Labute approximate surface area is 156 Å². The first-order chi connectivity index (χ1) is 13.2. The highest BCUT2D eigenvalue weighted by atomic mass is 16.5. The SMILES string of the molecule is Cc1ccc2nc(-c3cccc(NC(=O)COc4ccccc4)c3)oc2c1. The highest BCUT2D eigenvalue weighted by Gasteiger charge is 2.10. The van der Waals surface area contributed by atoms with Gasteiger partial charge in [-0.1, -0.05) is 30.3 Å². The maximum absolute atomic E-state index is 12.1. The molecule has 0 radical (unpaired) electrons. The standard InChI is InChI=1S/C22H18N2O3/c1-15-10-11-19-20(12-15)27-22(24-19)16-6-5-7-17(13-16)23-21(25)14-26-18-8-3-2-4-9-18/h2-13H,14H2,1H3,(H,23,25).